The Bertz CT molecular complexity index is 702. The molecule has 0 bridgehead atoms. The van der Waals surface area contributed by atoms with Crippen LogP contribution in [-0.4, -0.2) is 27.7 Å². The predicted molar refractivity (Wildman–Crippen MR) is 91.1 cm³/mol. The minimum absolute atomic E-state index is 0.0245. The lowest BCUT2D eigenvalue weighted by Crippen LogP contribution is -2.28. The van der Waals surface area contributed by atoms with Crippen molar-refractivity contribution in [3.8, 4) is 0 Å². The number of benzene rings is 1. The van der Waals surface area contributed by atoms with Crippen LogP contribution >= 0.6 is 0 Å². The van der Waals surface area contributed by atoms with Gasteiger partial charge in [-0.3, -0.25) is 15.4 Å². The number of nitro benzene ring substituents is 1. The fraction of sp³-hybridized carbons (Fsp3) is 0.529. The number of carboxylic acids is 1. The summed E-state index contributed by atoms with van der Waals surface area (Å²) in [7, 11) is 0. The Hall–Kier alpha value is -2.64. The van der Waals surface area contributed by atoms with Crippen molar-refractivity contribution in [3.05, 3.63) is 33.4 Å². The molecule has 0 atom stereocenters. The van der Waals surface area contributed by atoms with Crippen LogP contribution in [0.4, 0.5) is 16.2 Å². The normalized spacial score (nSPS) is 15.0. The molecular formula is C17H22N2O6. The average molecular weight is 350 g/mol. The minimum atomic E-state index is -1.18. The van der Waals surface area contributed by atoms with Gasteiger partial charge in [0.1, 0.15) is 11.3 Å². The maximum absolute atomic E-state index is 12.1. The van der Waals surface area contributed by atoms with Crippen molar-refractivity contribution in [1.29, 1.82) is 0 Å². The van der Waals surface area contributed by atoms with Crippen LogP contribution in [0.2, 0.25) is 0 Å². The second kappa shape index (κ2) is 7.08. The number of hydrogen-bond donors (Lipinski definition) is 2. The number of anilines is 1. The summed E-state index contributed by atoms with van der Waals surface area (Å²) in [5, 5.41) is 23.3. The monoisotopic (exact) mass is 350 g/mol. The fourth-order valence-corrected chi connectivity index (χ4v) is 3.12. The quantitative estimate of drug-likeness (QED) is 0.617. The summed E-state index contributed by atoms with van der Waals surface area (Å²) in [6.45, 7) is 5.02. The number of nitrogens with one attached hydrogen (secondary N) is 1. The molecule has 136 valence electrons. The van der Waals surface area contributed by atoms with Crippen LogP contribution in [-0.2, 0) is 4.74 Å². The van der Waals surface area contributed by atoms with E-state index in [1.807, 2.05) is 0 Å². The first-order valence-electron chi connectivity index (χ1n) is 8.14. The SMILES string of the molecule is CC(C)(C)OC(=O)Nc1c([N+](=O)[O-])ccc(C(=O)O)c1C1CCCC1. The Balaban J connectivity index is 2.55. The Kier molecular flexibility index (Phi) is 5.30. The van der Waals surface area contributed by atoms with Gasteiger partial charge in [0.05, 0.1) is 10.5 Å². The van der Waals surface area contributed by atoms with Gasteiger partial charge in [-0.25, -0.2) is 9.59 Å². The minimum Gasteiger partial charge on any atom is -0.478 e. The molecule has 8 nitrogen and oxygen atoms in total. The summed E-state index contributed by atoms with van der Waals surface area (Å²) in [6.07, 6.45) is 2.43. The molecule has 1 aliphatic rings. The summed E-state index contributed by atoms with van der Waals surface area (Å²) < 4.78 is 5.17. The van der Waals surface area contributed by atoms with E-state index in [0.29, 0.717) is 5.56 Å². The molecule has 8 heteroatoms. The molecule has 1 aromatic rings. The van der Waals surface area contributed by atoms with E-state index in [1.54, 1.807) is 20.8 Å². The van der Waals surface area contributed by atoms with Crippen LogP contribution in [0.25, 0.3) is 0 Å². The summed E-state index contributed by atoms with van der Waals surface area (Å²) in [6, 6.07) is 2.34. The highest BCUT2D eigenvalue weighted by Crippen LogP contribution is 2.43. The Morgan fingerprint density at radius 2 is 1.88 bits per heavy atom. The number of nitrogens with zero attached hydrogens (tertiary/aromatic N) is 1. The first kappa shape index (κ1) is 18.7. The van der Waals surface area contributed by atoms with E-state index in [4.69, 9.17) is 4.74 Å². The zero-order chi connectivity index (χ0) is 18.8. The molecule has 0 unspecified atom stereocenters. The van der Waals surface area contributed by atoms with Crippen LogP contribution in [0.5, 0.6) is 0 Å². The number of rotatable bonds is 4. The van der Waals surface area contributed by atoms with Crippen molar-refractivity contribution < 1.29 is 24.4 Å². The van der Waals surface area contributed by atoms with Crippen LogP contribution < -0.4 is 5.32 Å². The zero-order valence-corrected chi connectivity index (χ0v) is 14.5. The van der Waals surface area contributed by atoms with Crippen LogP contribution in [0.15, 0.2) is 12.1 Å². The lowest BCUT2D eigenvalue weighted by molar-refractivity contribution is -0.384. The highest BCUT2D eigenvalue weighted by atomic mass is 16.6. The van der Waals surface area contributed by atoms with Gasteiger partial charge in [0, 0.05) is 11.6 Å². The summed E-state index contributed by atoms with van der Waals surface area (Å²) in [5.74, 6) is -1.32. The topological polar surface area (TPSA) is 119 Å². The highest BCUT2D eigenvalue weighted by molar-refractivity contribution is 5.97. The molecule has 0 aromatic heterocycles. The molecule has 0 radical (unpaired) electrons. The van der Waals surface area contributed by atoms with Crippen molar-refractivity contribution in [1.82, 2.24) is 0 Å². The first-order valence-corrected chi connectivity index (χ1v) is 8.14. The van der Waals surface area contributed by atoms with E-state index in [0.717, 1.165) is 31.7 Å². The molecule has 2 N–H and O–H groups in total. The second-order valence-electron chi connectivity index (χ2n) is 7.09. The summed E-state index contributed by atoms with van der Waals surface area (Å²) in [5.41, 5.74) is -0.908. The fourth-order valence-electron chi connectivity index (χ4n) is 3.12. The largest absolute Gasteiger partial charge is 0.478 e. The molecule has 25 heavy (non-hydrogen) atoms. The van der Waals surface area contributed by atoms with Crippen molar-refractivity contribution in [2.24, 2.45) is 0 Å². The molecule has 1 fully saturated rings. The number of carboxylic acid groups (broad SMARTS) is 1. The summed E-state index contributed by atoms with van der Waals surface area (Å²) in [4.78, 5) is 34.5. The Labute approximate surface area is 145 Å². The molecule has 1 aliphatic carbocycles. The number of hydrogen-bond acceptors (Lipinski definition) is 5. The molecule has 1 saturated carbocycles. The van der Waals surface area contributed by atoms with E-state index in [2.05, 4.69) is 5.32 Å². The highest BCUT2D eigenvalue weighted by Gasteiger charge is 2.32. The van der Waals surface area contributed by atoms with Gasteiger partial charge in [0.15, 0.2) is 0 Å². The number of ether oxygens (including phenoxy) is 1. The first-order chi connectivity index (χ1) is 11.6. The van der Waals surface area contributed by atoms with E-state index >= 15 is 0 Å². The third-order valence-electron chi connectivity index (χ3n) is 4.04. The predicted octanol–water partition coefficient (Wildman–Crippen LogP) is 4.30. The third kappa shape index (κ3) is 4.46. The van der Waals surface area contributed by atoms with Crippen molar-refractivity contribution >= 4 is 23.4 Å². The van der Waals surface area contributed by atoms with E-state index in [-0.39, 0.29) is 22.9 Å². The van der Waals surface area contributed by atoms with Crippen molar-refractivity contribution in [3.63, 3.8) is 0 Å². The van der Waals surface area contributed by atoms with Gasteiger partial charge >= 0.3 is 12.1 Å². The van der Waals surface area contributed by atoms with Gasteiger partial charge in [0.2, 0.25) is 0 Å². The number of nitro groups is 1. The van der Waals surface area contributed by atoms with Crippen LogP contribution in [0.3, 0.4) is 0 Å². The maximum Gasteiger partial charge on any atom is 0.412 e. The van der Waals surface area contributed by atoms with Gasteiger partial charge in [-0.15, -0.1) is 0 Å². The number of carbonyl (C=O) groups is 2. The van der Waals surface area contributed by atoms with Gasteiger partial charge in [-0.1, -0.05) is 12.8 Å². The molecule has 0 aliphatic heterocycles. The number of amides is 1. The van der Waals surface area contributed by atoms with Crippen molar-refractivity contribution in [2.45, 2.75) is 58.0 Å². The standard InChI is InChI=1S/C17H22N2O6/c1-17(2,3)25-16(22)18-14-12(19(23)24)9-8-11(15(20)21)13(14)10-6-4-5-7-10/h8-10H,4-7H2,1-3H3,(H,18,22)(H,20,21). The van der Waals surface area contributed by atoms with Gasteiger partial charge in [-0.05, 0) is 45.6 Å². The molecule has 1 aromatic carbocycles. The lowest BCUT2D eigenvalue weighted by atomic mass is 9.90. The average Bonchev–Trinajstić information content (AvgIpc) is 2.97. The Morgan fingerprint density at radius 3 is 2.36 bits per heavy atom. The van der Waals surface area contributed by atoms with E-state index in [9.17, 15) is 24.8 Å². The zero-order valence-electron chi connectivity index (χ0n) is 14.5. The van der Waals surface area contributed by atoms with Gasteiger partial charge in [-0.2, -0.15) is 0 Å². The maximum atomic E-state index is 12.1. The smallest absolute Gasteiger partial charge is 0.412 e. The number of aromatic carboxylic acids is 1. The molecular weight excluding hydrogens is 328 g/mol. The summed E-state index contributed by atoms with van der Waals surface area (Å²) >= 11 is 0. The molecule has 1 amide bonds. The van der Waals surface area contributed by atoms with Crippen molar-refractivity contribution in [2.75, 3.05) is 5.32 Å². The molecule has 0 heterocycles. The molecule has 2 rings (SSSR count). The van der Waals surface area contributed by atoms with Crippen LogP contribution in [0, 0.1) is 10.1 Å². The van der Waals surface area contributed by atoms with E-state index < -0.39 is 22.6 Å². The van der Waals surface area contributed by atoms with E-state index in [1.165, 1.54) is 6.07 Å². The third-order valence-corrected chi connectivity index (χ3v) is 4.04. The van der Waals surface area contributed by atoms with Gasteiger partial charge < -0.3 is 9.84 Å². The molecule has 0 spiro atoms. The van der Waals surface area contributed by atoms with Crippen LogP contribution in [0.1, 0.15) is 68.3 Å². The Morgan fingerprint density at radius 1 is 1.28 bits per heavy atom. The van der Waals surface area contributed by atoms with Gasteiger partial charge in [0.25, 0.3) is 5.69 Å². The molecule has 0 saturated heterocycles. The number of carbonyl (C=O) groups excluding carboxylic acids is 1. The lowest BCUT2D eigenvalue weighted by Gasteiger charge is -2.22. The second-order valence-corrected chi connectivity index (χ2v) is 7.09.